The smallest absolute Gasteiger partial charge is 0.307 e. The van der Waals surface area contributed by atoms with Crippen LogP contribution in [0.1, 0.15) is 56.1 Å². The van der Waals surface area contributed by atoms with Crippen molar-refractivity contribution in [3.63, 3.8) is 0 Å². The van der Waals surface area contributed by atoms with Crippen molar-refractivity contribution in [2.75, 3.05) is 5.75 Å². The summed E-state index contributed by atoms with van der Waals surface area (Å²) in [5, 5.41) is 2.40. The van der Waals surface area contributed by atoms with Crippen molar-refractivity contribution in [3.8, 4) is 0 Å². The van der Waals surface area contributed by atoms with E-state index < -0.39 is 10.8 Å². The van der Waals surface area contributed by atoms with Crippen molar-refractivity contribution in [1.29, 1.82) is 0 Å². The predicted molar refractivity (Wildman–Crippen MR) is 110 cm³/mol. The van der Waals surface area contributed by atoms with Crippen molar-refractivity contribution < 1.29 is 19.1 Å². The van der Waals surface area contributed by atoms with E-state index in [0.29, 0.717) is 12.2 Å². The fourth-order valence-electron chi connectivity index (χ4n) is 2.07. The second-order valence-corrected chi connectivity index (χ2v) is 9.82. The molecule has 2 amide bonds. The van der Waals surface area contributed by atoms with Crippen molar-refractivity contribution in [2.45, 2.75) is 45.8 Å². The van der Waals surface area contributed by atoms with E-state index in [1.165, 1.54) is 10.8 Å². The van der Waals surface area contributed by atoms with E-state index in [0.717, 1.165) is 26.4 Å². The highest BCUT2D eigenvalue weighted by Crippen LogP contribution is 2.27. The normalized spacial score (nSPS) is 15.4. The lowest BCUT2D eigenvalue weighted by atomic mass is 10.1. The van der Waals surface area contributed by atoms with Crippen LogP contribution in [0.3, 0.4) is 0 Å². The van der Waals surface area contributed by atoms with Crippen LogP contribution in [0.5, 0.6) is 0 Å². The molecule has 0 fully saturated rings. The molecule has 6 nitrogen and oxygen atoms in total. The molecule has 1 aliphatic rings. The summed E-state index contributed by atoms with van der Waals surface area (Å²) < 4.78 is 6.09. The molecule has 0 aromatic heterocycles. The second kappa shape index (κ2) is 10.2. The number of carbonyl (C=O) groups is 3. The van der Waals surface area contributed by atoms with Gasteiger partial charge in [-0.2, -0.15) is 0 Å². The summed E-state index contributed by atoms with van der Waals surface area (Å²) in [5.41, 5.74) is 6.33. The number of fused-ring (bicyclic) bond motifs is 1. The van der Waals surface area contributed by atoms with Crippen molar-refractivity contribution in [2.24, 2.45) is 5.73 Å². The summed E-state index contributed by atoms with van der Waals surface area (Å²) in [7, 11) is 2.20. The fourth-order valence-corrected chi connectivity index (χ4v) is 3.74. The molecule has 0 spiro atoms. The van der Waals surface area contributed by atoms with Gasteiger partial charge >= 0.3 is 5.97 Å². The number of primary amides is 1. The molecule has 0 bridgehead atoms. The van der Waals surface area contributed by atoms with Gasteiger partial charge in [-0.25, -0.2) is 0 Å². The van der Waals surface area contributed by atoms with Crippen molar-refractivity contribution >= 4 is 54.6 Å². The molecule has 1 heterocycles. The largest absolute Gasteiger partial charge is 0.460 e. The van der Waals surface area contributed by atoms with Gasteiger partial charge in [-0.15, -0.1) is 0 Å². The Morgan fingerprint density at radius 3 is 2.58 bits per heavy atom. The molecule has 144 valence electrons. The average Bonchev–Trinajstić information content (AvgIpc) is 2.77. The van der Waals surface area contributed by atoms with E-state index in [1.54, 1.807) is 0 Å². The Balaban J connectivity index is 0.000000262. The van der Waals surface area contributed by atoms with E-state index in [2.05, 4.69) is 21.2 Å². The van der Waals surface area contributed by atoms with Crippen LogP contribution in [0.15, 0.2) is 22.7 Å². The minimum atomic E-state index is -0.446. The third-order valence-electron chi connectivity index (χ3n) is 3.02. The third kappa shape index (κ3) is 8.46. The summed E-state index contributed by atoms with van der Waals surface area (Å²) in [5.74, 6) is 0.308. The zero-order valence-electron chi connectivity index (χ0n) is 15.1. The SMILES string of the molecule is CC(C)(C)OC(=O)CCSSC(N)=O.CC1NC(=O)c2ccc(Br)cc21. The summed E-state index contributed by atoms with van der Waals surface area (Å²) >= 11 is 3.37. The van der Waals surface area contributed by atoms with Crippen LogP contribution in [0.2, 0.25) is 0 Å². The zero-order valence-corrected chi connectivity index (χ0v) is 18.3. The Hall–Kier alpha value is -1.19. The molecule has 3 N–H and O–H groups in total. The van der Waals surface area contributed by atoms with Gasteiger partial charge < -0.3 is 15.8 Å². The van der Waals surface area contributed by atoms with Crippen LogP contribution in [0.25, 0.3) is 0 Å². The van der Waals surface area contributed by atoms with Gasteiger partial charge in [0.25, 0.3) is 11.1 Å². The lowest BCUT2D eigenvalue weighted by Gasteiger charge is -2.19. The molecule has 1 aromatic carbocycles. The highest BCUT2D eigenvalue weighted by molar-refractivity contribution is 9.10. The summed E-state index contributed by atoms with van der Waals surface area (Å²) in [6.07, 6.45) is 0.294. The number of esters is 1. The quantitative estimate of drug-likeness (QED) is 0.389. The van der Waals surface area contributed by atoms with Crippen molar-refractivity contribution in [3.05, 3.63) is 33.8 Å². The molecular formula is C17H23BrN2O4S2. The van der Waals surface area contributed by atoms with Crippen LogP contribution < -0.4 is 11.1 Å². The molecule has 1 aliphatic heterocycles. The van der Waals surface area contributed by atoms with E-state index in [9.17, 15) is 14.4 Å². The van der Waals surface area contributed by atoms with E-state index in [4.69, 9.17) is 10.5 Å². The molecule has 0 radical (unpaired) electrons. The Morgan fingerprint density at radius 2 is 2.00 bits per heavy atom. The van der Waals surface area contributed by atoms with Crippen LogP contribution >= 0.6 is 37.5 Å². The van der Waals surface area contributed by atoms with Gasteiger partial charge in [0, 0.05) is 26.6 Å². The number of halogens is 1. The van der Waals surface area contributed by atoms with Gasteiger partial charge in [0.15, 0.2) is 0 Å². The van der Waals surface area contributed by atoms with E-state index in [1.807, 2.05) is 45.9 Å². The number of nitrogens with two attached hydrogens (primary N) is 1. The molecule has 1 unspecified atom stereocenters. The summed E-state index contributed by atoms with van der Waals surface area (Å²) in [6.45, 7) is 7.43. The maximum Gasteiger partial charge on any atom is 0.307 e. The first-order valence-electron chi connectivity index (χ1n) is 7.90. The number of amides is 2. The fraction of sp³-hybridized carbons (Fsp3) is 0.471. The first-order chi connectivity index (χ1) is 12.0. The highest BCUT2D eigenvalue weighted by Gasteiger charge is 2.24. The maximum atomic E-state index is 11.3. The molecule has 0 saturated heterocycles. The van der Waals surface area contributed by atoms with Gasteiger partial charge in [0.05, 0.1) is 12.5 Å². The topological polar surface area (TPSA) is 98.5 Å². The Morgan fingerprint density at radius 1 is 1.35 bits per heavy atom. The van der Waals surface area contributed by atoms with E-state index >= 15 is 0 Å². The van der Waals surface area contributed by atoms with Gasteiger partial charge in [-0.1, -0.05) is 26.7 Å². The average molecular weight is 463 g/mol. The molecule has 26 heavy (non-hydrogen) atoms. The Bertz CT molecular complexity index is 677. The molecule has 0 saturated carbocycles. The molecule has 0 aliphatic carbocycles. The lowest BCUT2D eigenvalue weighted by molar-refractivity contribution is -0.154. The number of hydrogen-bond acceptors (Lipinski definition) is 6. The van der Waals surface area contributed by atoms with Crippen LogP contribution in [0, 0.1) is 0 Å². The Labute approximate surface area is 169 Å². The van der Waals surface area contributed by atoms with E-state index in [-0.39, 0.29) is 17.9 Å². The predicted octanol–water partition coefficient (Wildman–Crippen LogP) is 4.43. The van der Waals surface area contributed by atoms with Crippen LogP contribution in [-0.2, 0) is 9.53 Å². The minimum Gasteiger partial charge on any atom is -0.460 e. The van der Waals surface area contributed by atoms with Gasteiger partial charge in [-0.05, 0) is 51.5 Å². The molecular weight excluding hydrogens is 440 g/mol. The van der Waals surface area contributed by atoms with Crippen LogP contribution in [0.4, 0.5) is 4.79 Å². The first kappa shape index (κ1) is 22.9. The zero-order chi connectivity index (χ0) is 19.9. The molecule has 9 heteroatoms. The third-order valence-corrected chi connectivity index (χ3v) is 5.52. The summed E-state index contributed by atoms with van der Waals surface area (Å²) in [6, 6.07) is 5.86. The van der Waals surface area contributed by atoms with Gasteiger partial charge in [0.2, 0.25) is 0 Å². The van der Waals surface area contributed by atoms with Crippen molar-refractivity contribution in [1.82, 2.24) is 5.32 Å². The molecule has 1 atom stereocenters. The van der Waals surface area contributed by atoms with Crippen LogP contribution in [-0.4, -0.2) is 28.5 Å². The molecule has 1 aromatic rings. The number of carbonyl (C=O) groups excluding carboxylic acids is 3. The van der Waals surface area contributed by atoms with Gasteiger partial charge in [0.1, 0.15) is 5.60 Å². The standard InChI is InChI=1S/C9H8BrNO.C8H15NO3S2/c1-5-8-4-6(10)2-3-7(8)9(12)11-5;1-8(2,3)12-6(10)4-5-13-14-7(9)11/h2-5H,1H3,(H,11,12);4-5H2,1-3H3,(H2,9,11). The number of rotatable bonds is 4. The number of benzene rings is 1. The highest BCUT2D eigenvalue weighted by atomic mass is 79.9. The Kier molecular flexibility index (Phi) is 8.99. The molecule has 2 rings (SSSR count). The maximum absolute atomic E-state index is 11.3. The van der Waals surface area contributed by atoms with Gasteiger partial charge in [-0.3, -0.25) is 14.4 Å². The number of nitrogens with one attached hydrogen (secondary N) is 1. The summed E-state index contributed by atoms with van der Waals surface area (Å²) in [4.78, 5) is 32.7. The monoisotopic (exact) mass is 462 g/mol. The first-order valence-corrected chi connectivity index (χ1v) is 11.0. The number of hydrogen-bond donors (Lipinski definition) is 2. The second-order valence-electron chi connectivity index (χ2n) is 6.49. The number of ether oxygens (including phenoxy) is 1. The lowest BCUT2D eigenvalue weighted by Crippen LogP contribution is -2.23. The minimum absolute atomic E-state index is 0.0324.